The number of hydrogen-bond donors (Lipinski definition) is 1. The largest absolute Gasteiger partial charge is 0.463 e. The Morgan fingerprint density at radius 2 is 2.40 bits per heavy atom. The molecule has 0 saturated carbocycles. The van der Waals surface area contributed by atoms with Gasteiger partial charge in [0.25, 0.3) is 0 Å². The number of hydrogen-bond acceptors (Lipinski definition) is 3. The van der Waals surface area contributed by atoms with Gasteiger partial charge in [0, 0.05) is 17.8 Å². The molecule has 2 N–H and O–H groups in total. The van der Waals surface area contributed by atoms with E-state index < -0.39 is 6.04 Å². The van der Waals surface area contributed by atoms with E-state index in [1.165, 1.54) is 0 Å². The van der Waals surface area contributed by atoms with Crippen LogP contribution in [0, 0.1) is 0 Å². The SMILES string of the molecule is CCc1cc2occc2n1C(=O)[C@H](C)N. The average molecular weight is 206 g/mol. The molecule has 0 bridgehead atoms. The lowest BCUT2D eigenvalue weighted by atomic mass is 10.3. The van der Waals surface area contributed by atoms with Crippen LogP contribution in [0.1, 0.15) is 24.3 Å². The van der Waals surface area contributed by atoms with E-state index in [-0.39, 0.29) is 5.91 Å². The molecule has 80 valence electrons. The minimum Gasteiger partial charge on any atom is -0.463 e. The summed E-state index contributed by atoms with van der Waals surface area (Å²) in [5.41, 5.74) is 8.08. The fraction of sp³-hybridized carbons (Fsp3) is 0.364. The second-order valence-electron chi connectivity index (χ2n) is 3.62. The number of fused-ring (bicyclic) bond motifs is 1. The zero-order chi connectivity index (χ0) is 11.0. The molecule has 0 aromatic carbocycles. The van der Waals surface area contributed by atoms with Gasteiger partial charge in [-0.15, -0.1) is 0 Å². The molecule has 0 fully saturated rings. The maximum absolute atomic E-state index is 11.9. The van der Waals surface area contributed by atoms with E-state index >= 15 is 0 Å². The molecule has 0 saturated heterocycles. The first-order chi connectivity index (χ1) is 7.15. The van der Waals surface area contributed by atoms with Crippen LogP contribution in [0.3, 0.4) is 0 Å². The molecule has 0 spiro atoms. The third-order valence-electron chi connectivity index (χ3n) is 2.47. The van der Waals surface area contributed by atoms with E-state index in [0.29, 0.717) is 0 Å². The molecule has 0 amide bonds. The molecule has 15 heavy (non-hydrogen) atoms. The van der Waals surface area contributed by atoms with E-state index in [1.54, 1.807) is 23.8 Å². The lowest BCUT2D eigenvalue weighted by molar-refractivity contribution is 0.0889. The lowest BCUT2D eigenvalue weighted by Crippen LogP contribution is -2.32. The zero-order valence-electron chi connectivity index (χ0n) is 8.86. The Kier molecular flexibility index (Phi) is 2.36. The van der Waals surface area contributed by atoms with E-state index in [0.717, 1.165) is 23.2 Å². The molecule has 0 radical (unpaired) electrons. The quantitative estimate of drug-likeness (QED) is 0.814. The zero-order valence-corrected chi connectivity index (χ0v) is 8.86. The first-order valence-electron chi connectivity index (χ1n) is 5.02. The van der Waals surface area contributed by atoms with Crippen molar-refractivity contribution in [2.75, 3.05) is 0 Å². The van der Waals surface area contributed by atoms with E-state index in [4.69, 9.17) is 10.2 Å². The minimum atomic E-state index is -0.499. The predicted molar refractivity (Wildman–Crippen MR) is 57.9 cm³/mol. The van der Waals surface area contributed by atoms with Crippen LogP contribution in [0.2, 0.25) is 0 Å². The Hall–Kier alpha value is -1.55. The summed E-state index contributed by atoms with van der Waals surface area (Å²) >= 11 is 0. The maximum Gasteiger partial charge on any atom is 0.248 e. The molecule has 2 heterocycles. The molecule has 1 atom stereocenters. The third kappa shape index (κ3) is 1.47. The van der Waals surface area contributed by atoms with E-state index in [9.17, 15) is 4.79 Å². The Morgan fingerprint density at radius 1 is 1.67 bits per heavy atom. The van der Waals surface area contributed by atoms with Crippen LogP contribution < -0.4 is 5.73 Å². The number of aromatic nitrogens is 1. The molecular weight excluding hydrogens is 192 g/mol. The van der Waals surface area contributed by atoms with Gasteiger partial charge in [-0.25, -0.2) is 0 Å². The number of carbonyl (C=O) groups excluding carboxylic acids is 1. The summed E-state index contributed by atoms with van der Waals surface area (Å²) in [7, 11) is 0. The Balaban J connectivity index is 2.64. The van der Waals surface area contributed by atoms with Gasteiger partial charge in [-0.2, -0.15) is 0 Å². The second-order valence-corrected chi connectivity index (χ2v) is 3.62. The topological polar surface area (TPSA) is 61.2 Å². The number of rotatable bonds is 2. The number of furan rings is 1. The highest BCUT2D eigenvalue weighted by atomic mass is 16.3. The van der Waals surface area contributed by atoms with Crippen molar-refractivity contribution in [3.63, 3.8) is 0 Å². The first-order valence-corrected chi connectivity index (χ1v) is 5.02. The summed E-state index contributed by atoms with van der Waals surface area (Å²) in [6, 6.07) is 3.17. The van der Waals surface area contributed by atoms with Gasteiger partial charge in [0.1, 0.15) is 0 Å². The van der Waals surface area contributed by atoms with Gasteiger partial charge in [0.2, 0.25) is 5.91 Å². The number of carbonyl (C=O) groups is 1. The van der Waals surface area contributed by atoms with Gasteiger partial charge in [-0.1, -0.05) is 6.92 Å². The van der Waals surface area contributed by atoms with Crippen molar-refractivity contribution in [1.29, 1.82) is 0 Å². The monoisotopic (exact) mass is 206 g/mol. The van der Waals surface area contributed by atoms with Crippen LogP contribution in [0.5, 0.6) is 0 Å². The van der Waals surface area contributed by atoms with Crippen molar-refractivity contribution in [3.05, 3.63) is 24.1 Å². The summed E-state index contributed by atoms with van der Waals surface area (Å²) in [5.74, 6) is -0.0942. The Bertz CT molecular complexity index is 494. The highest BCUT2D eigenvalue weighted by Gasteiger charge is 2.18. The van der Waals surface area contributed by atoms with Crippen LogP contribution in [0.25, 0.3) is 11.1 Å². The van der Waals surface area contributed by atoms with Crippen LogP contribution >= 0.6 is 0 Å². The van der Waals surface area contributed by atoms with Gasteiger partial charge in [-0.05, 0) is 13.3 Å². The fourth-order valence-corrected chi connectivity index (χ4v) is 1.70. The number of nitrogens with zero attached hydrogens (tertiary/aromatic N) is 1. The molecule has 2 rings (SSSR count). The smallest absolute Gasteiger partial charge is 0.248 e. The van der Waals surface area contributed by atoms with Crippen LogP contribution in [-0.2, 0) is 6.42 Å². The number of aryl methyl sites for hydroxylation is 1. The predicted octanol–water partition coefficient (Wildman–Crippen LogP) is 1.78. The first kappa shape index (κ1) is 9.98. The molecule has 0 aliphatic carbocycles. The maximum atomic E-state index is 11.9. The van der Waals surface area contributed by atoms with Gasteiger partial charge in [0.05, 0.1) is 17.8 Å². The molecule has 0 unspecified atom stereocenters. The van der Waals surface area contributed by atoms with Gasteiger partial charge in [0.15, 0.2) is 5.58 Å². The van der Waals surface area contributed by atoms with Crippen LogP contribution in [-0.4, -0.2) is 16.5 Å². The van der Waals surface area contributed by atoms with Crippen molar-refractivity contribution in [2.45, 2.75) is 26.3 Å². The summed E-state index contributed by atoms with van der Waals surface area (Å²) in [4.78, 5) is 11.9. The van der Waals surface area contributed by atoms with Crippen molar-refractivity contribution in [3.8, 4) is 0 Å². The van der Waals surface area contributed by atoms with E-state index in [2.05, 4.69) is 0 Å². The minimum absolute atomic E-state index is 0.0942. The average Bonchev–Trinajstić information content (AvgIpc) is 2.74. The number of nitrogens with two attached hydrogens (primary N) is 1. The molecule has 0 aliphatic rings. The van der Waals surface area contributed by atoms with Crippen LogP contribution in [0.4, 0.5) is 0 Å². The Morgan fingerprint density at radius 3 is 3.00 bits per heavy atom. The third-order valence-corrected chi connectivity index (χ3v) is 2.47. The molecule has 2 aromatic rings. The van der Waals surface area contributed by atoms with Crippen molar-refractivity contribution < 1.29 is 9.21 Å². The van der Waals surface area contributed by atoms with E-state index in [1.807, 2.05) is 13.0 Å². The van der Waals surface area contributed by atoms with Crippen molar-refractivity contribution in [1.82, 2.24) is 4.57 Å². The molecule has 0 aliphatic heterocycles. The second kappa shape index (κ2) is 3.55. The van der Waals surface area contributed by atoms with Gasteiger partial charge < -0.3 is 10.2 Å². The normalized spacial score (nSPS) is 13.3. The molecule has 4 heteroatoms. The van der Waals surface area contributed by atoms with Gasteiger partial charge in [-0.3, -0.25) is 9.36 Å². The molecular formula is C11H14N2O2. The van der Waals surface area contributed by atoms with Crippen LogP contribution in [0.15, 0.2) is 22.8 Å². The van der Waals surface area contributed by atoms with Crippen molar-refractivity contribution >= 4 is 17.0 Å². The fourth-order valence-electron chi connectivity index (χ4n) is 1.70. The molecule has 2 aromatic heterocycles. The summed E-state index contributed by atoms with van der Waals surface area (Å²) < 4.78 is 6.90. The highest BCUT2D eigenvalue weighted by Crippen LogP contribution is 2.21. The highest BCUT2D eigenvalue weighted by molar-refractivity contribution is 5.94. The Labute approximate surface area is 87.7 Å². The summed E-state index contributed by atoms with van der Waals surface area (Å²) in [6.07, 6.45) is 2.36. The molecule has 4 nitrogen and oxygen atoms in total. The summed E-state index contributed by atoms with van der Waals surface area (Å²) in [6.45, 7) is 3.69. The standard InChI is InChI=1S/C11H14N2O2/c1-3-8-6-10-9(4-5-15-10)13(8)11(14)7(2)12/h4-7H,3,12H2,1-2H3/t7-/m0/s1. The van der Waals surface area contributed by atoms with Gasteiger partial charge >= 0.3 is 0 Å². The van der Waals surface area contributed by atoms with Crippen molar-refractivity contribution in [2.24, 2.45) is 5.73 Å². The summed E-state index contributed by atoms with van der Waals surface area (Å²) in [5, 5.41) is 0. The lowest BCUT2D eigenvalue weighted by Gasteiger charge is -2.09.